The minimum Gasteiger partial charge on any atom is -0.453 e. The molecular weight excluding hydrogens is 1290 g/mol. The van der Waals surface area contributed by atoms with Gasteiger partial charge in [0, 0.05) is 6.54 Å². The Bertz CT molecular complexity index is 3260. The second-order valence-corrected chi connectivity index (χ2v) is 25.7. The zero-order valence-corrected chi connectivity index (χ0v) is 57.2. The van der Waals surface area contributed by atoms with Crippen molar-refractivity contribution in [3.8, 4) is 11.1 Å². The van der Waals surface area contributed by atoms with Gasteiger partial charge in [-0.05, 0) is 85.0 Å². The number of esters is 1. The van der Waals surface area contributed by atoms with Crippen LogP contribution in [0.4, 0.5) is 0 Å². The van der Waals surface area contributed by atoms with Crippen LogP contribution in [-0.4, -0.2) is 196 Å². The maximum absolute atomic E-state index is 15.5. The first-order valence-corrected chi connectivity index (χ1v) is 32.8. The molecule has 0 aliphatic carbocycles. The molecule has 1 aliphatic rings. The van der Waals surface area contributed by atoms with Crippen LogP contribution in [0, 0.1) is 23.7 Å². The van der Waals surface area contributed by atoms with E-state index in [9.17, 15) is 63.6 Å². The van der Waals surface area contributed by atoms with Crippen molar-refractivity contribution in [3.05, 3.63) is 96.1 Å². The molecule has 11 amide bonds. The second-order valence-electron chi connectivity index (χ2n) is 25.7. The molecular formula is C67H99N15O17. The second kappa shape index (κ2) is 39.7. The number of primary amides is 1. The molecule has 15 atom stereocenters. The first-order valence-electron chi connectivity index (χ1n) is 32.8. The molecule has 544 valence electrons. The van der Waals surface area contributed by atoms with Crippen molar-refractivity contribution in [2.75, 3.05) is 19.7 Å². The number of nitrogens with zero attached hydrogens (tertiary/aromatic N) is 1. The standard InChI is InChI=1S/C67H99N15O17/c1-10-36(8)48-62(94)80-49(37(9)84)61(93)73-31-47(85)78-51(54(87)56(69)88)64(96)77-46(32-83)66(98)99-55(41-20-15-12-16-21-41)52(82-60(92)45(29-34(4)5)75-57(89)42(68)30-38-23-25-40(26-24-38)39-18-13-11-14-19-39)65(97)81-50(53(86)35(6)7)63(95)76-44(28-33(2)3)59(91)74-43(58(90)79-48)22-17-27-72-67(70)71/h11-16,18-21,23-26,33-37,42-46,48-55,83-84,86-87H,10,17,22,27-32,68H2,1-9H3,(H2,69,88)(H,73,93)(H,74,91)(H,75,89)(H,76,95)(H,77,96)(H,78,85)(H,79,90)(H,80,94)(H,81,97)(H,82,92)(H4,70,71,72)/t36-,37-,42+,43+,44-,45-,46-,48?,49?,50-,51-,52-,53+,54-,55+/m0/s1. The summed E-state index contributed by atoms with van der Waals surface area (Å²) >= 11 is 0. The summed E-state index contributed by atoms with van der Waals surface area (Å²) in [5.41, 5.74) is 25.4. The Morgan fingerprint density at radius 3 is 1.72 bits per heavy atom. The molecule has 4 rings (SSSR count). The molecule has 0 saturated carbocycles. The summed E-state index contributed by atoms with van der Waals surface area (Å²) in [6.07, 6.45) is -8.38. The van der Waals surface area contributed by atoms with E-state index in [0.29, 0.717) is 5.56 Å². The molecule has 3 aromatic carbocycles. The number of guanidine groups is 1. The lowest BCUT2D eigenvalue weighted by atomic mass is 9.95. The van der Waals surface area contributed by atoms with Crippen LogP contribution in [0.25, 0.3) is 11.1 Å². The van der Waals surface area contributed by atoms with Crippen LogP contribution in [0.5, 0.6) is 0 Å². The molecule has 32 nitrogen and oxygen atoms in total. The number of benzene rings is 3. The van der Waals surface area contributed by atoms with Gasteiger partial charge in [0.15, 0.2) is 24.2 Å². The van der Waals surface area contributed by atoms with Gasteiger partial charge in [0.05, 0.1) is 31.4 Å². The van der Waals surface area contributed by atoms with Gasteiger partial charge in [-0.3, -0.25) is 57.7 Å². The zero-order chi connectivity index (χ0) is 74.0. The molecule has 1 aliphatic heterocycles. The van der Waals surface area contributed by atoms with Gasteiger partial charge < -0.3 is 101 Å². The number of nitrogens with one attached hydrogen (secondary N) is 10. The largest absolute Gasteiger partial charge is 0.453 e. The lowest BCUT2D eigenvalue weighted by Gasteiger charge is -2.33. The van der Waals surface area contributed by atoms with Crippen LogP contribution < -0.4 is 76.1 Å². The number of rotatable bonds is 24. The number of hydrogen-bond donors (Lipinski definition) is 18. The van der Waals surface area contributed by atoms with Crippen LogP contribution >= 0.6 is 0 Å². The number of nitrogens with two attached hydrogens (primary N) is 4. The third-order valence-corrected chi connectivity index (χ3v) is 16.2. The number of aliphatic hydroxyl groups excluding tert-OH is 4. The predicted octanol–water partition coefficient (Wildman–Crippen LogP) is -3.57. The number of aliphatic hydroxyl groups is 4. The highest BCUT2D eigenvalue weighted by Gasteiger charge is 2.44. The Kier molecular flexibility index (Phi) is 32.8. The Morgan fingerprint density at radius 1 is 0.616 bits per heavy atom. The molecule has 1 fully saturated rings. The highest BCUT2D eigenvalue weighted by Crippen LogP contribution is 2.26. The first kappa shape index (κ1) is 81.8. The van der Waals surface area contributed by atoms with Crippen molar-refractivity contribution in [1.29, 1.82) is 0 Å². The molecule has 3 aromatic rings. The van der Waals surface area contributed by atoms with E-state index in [2.05, 4.69) is 47.5 Å². The average Bonchev–Trinajstić information content (AvgIpc) is 0.817. The van der Waals surface area contributed by atoms with Crippen LogP contribution in [-0.2, 0) is 68.7 Å². The lowest BCUT2D eigenvalue weighted by Crippen LogP contribution is -2.64. The number of cyclic esters (lactones) is 1. The van der Waals surface area contributed by atoms with Gasteiger partial charge in [-0.1, -0.05) is 147 Å². The van der Waals surface area contributed by atoms with E-state index in [-0.39, 0.29) is 62.5 Å². The maximum atomic E-state index is 15.5. The summed E-state index contributed by atoms with van der Waals surface area (Å²) in [7, 11) is 0. The van der Waals surface area contributed by atoms with Gasteiger partial charge in [-0.15, -0.1) is 0 Å². The van der Waals surface area contributed by atoms with E-state index in [0.717, 1.165) is 18.1 Å². The Balaban J connectivity index is 1.95. The van der Waals surface area contributed by atoms with E-state index in [1.807, 2.05) is 53.1 Å². The van der Waals surface area contributed by atoms with Gasteiger partial charge in [0.25, 0.3) is 0 Å². The monoisotopic (exact) mass is 1390 g/mol. The fraction of sp³-hybridized carbons (Fsp3) is 0.537. The molecule has 0 bridgehead atoms. The van der Waals surface area contributed by atoms with Crippen molar-refractivity contribution < 1.29 is 82.7 Å². The first-order chi connectivity index (χ1) is 46.7. The zero-order valence-electron chi connectivity index (χ0n) is 57.2. The molecule has 22 N–H and O–H groups in total. The number of hydrogen-bond acceptors (Lipinski definition) is 19. The van der Waals surface area contributed by atoms with E-state index in [4.69, 9.17) is 27.7 Å². The van der Waals surface area contributed by atoms with Gasteiger partial charge in [-0.25, -0.2) is 4.79 Å². The van der Waals surface area contributed by atoms with Gasteiger partial charge >= 0.3 is 5.97 Å². The van der Waals surface area contributed by atoms with Crippen LogP contribution in [0.3, 0.4) is 0 Å². The van der Waals surface area contributed by atoms with Crippen molar-refractivity contribution >= 4 is 76.9 Å². The molecule has 0 radical (unpaired) electrons. The lowest BCUT2D eigenvalue weighted by molar-refractivity contribution is -0.159. The molecule has 32 heteroatoms. The fourth-order valence-corrected chi connectivity index (χ4v) is 10.4. The third kappa shape index (κ3) is 25.6. The van der Waals surface area contributed by atoms with Gasteiger partial charge in [0.2, 0.25) is 65.0 Å². The van der Waals surface area contributed by atoms with E-state index in [1.165, 1.54) is 44.2 Å². The summed E-state index contributed by atoms with van der Waals surface area (Å²) in [5, 5.41) is 68.5. The minimum absolute atomic E-state index is 0.00534. The number of amides is 11. The smallest absolute Gasteiger partial charge is 0.331 e. The summed E-state index contributed by atoms with van der Waals surface area (Å²) in [5.74, 6) is -17.4. The Hall–Kier alpha value is -9.63. The molecule has 2 unspecified atom stereocenters. The average molecular weight is 1390 g/mol. The van der Waals surface area contributed by atoms with E-state index < -0.39 is 187 Å². The SMILES string of the molecule is CC[C@H](C)C1NC(=O)[C@@H](CCCN=C(N)N)NC(=O)[C@H](CC(C)C)NC(=O)[C@H]([C@H](O)C(C)C)NC(=O)[C@@H](NC(=O)[C@H](CC(C)C)NC(=O)[C@H](N)Cc2ccc(-c3ccccc3)cc2)[C@@H](c2ccccc2)OC(=O)[C@H](CO)NC(=O)[C@H]([C@H](O)C(N)=O)NC(=O)CNC(=O)C([C@H](C)O)NC1=O. The van der Waals surface area contributed by atoms with Crippen molar-refractivity contribution in [2.45, 2.75) is 186 Å². The number of aliphatic imine (C=N–C) groups is 1. The summed E-state index contributed by atoms with van der Waals surface area (Å²) in [6, 6.07) is 5.76. The summed E-state index contributed by atoms with van der Waals surface area (Å²) < 4.78 is 5.98. The summed E-state index contributed by atoms with van der Waals surface area (Å²) in [4.78, 5) is 176. The summed E-state index contributed by atoms with van der Waals surface area (Å²) in [6.45, 7) is 11.7. The van der Waals surface area contributed by atoms with Gasteiger partial charge in [-0.2, -0.15) is 0 Å². The van der Waals surface area contributed by atoms with Crippen molar-refractivity contribution in [3.63, 3.8) is 0 Å². The maximum Gasteiger partial charge on any atom is 0.331 e. The van der Waals surface area contributed by atoms with Crippen LogP contribution in [0.1, 0.15) is 112 Å². The van der Waals surface area contributed by atoms with Crippen molar-refractivity contribution in [2.24, 2.45) is 51.6 Å². The van der Waals surface area contributed by atoms with Crippen LogP contribution in [0.2, 0.25) is 0 Å². The number of ether oxygens (including phenoxy) is 1. The van der Waals surface area contributed by atoms with E-state index >= 15 is 14.4 Å². The van der Waals surface area contributed by atoms with Crippen LogP contribution in [0.15, 0.2) is 89.9 Å². The molecule has 1 heterocycles. The Labute approximate surface area is 574 Å². The quantitative estimate of drug-likeness (QED) is 0.0179. The normalized spacial score (nSPS) is 23.4. The molecule has 99 heavy (non-hydrogen) atoms. The van der Waals surface area contributed by atoms with Crippen molar-refractivity contribution in [1.82, 2.24) is 53.2 Å². The molecule has 0 spiro atoms. The number of carbonyl (C=O) groups is 12. The molecule has 1 saturated heterocycles. The predicted molar refractivity (Wildman–Crippen MR) is 362 cm³/mol. The third-order valence-electron chi connectivity index (χ3n) is 16.2. The highest BCUT2D eigenvalue weighted by molar-refractivity contribution is 6.00. The fourth-order valence-electron chi connectivity index (χ4n) is 10.4. The highest BCUT2D eigenvalue weighted by atomic mass is 16.5. The molecule has 0 aromatic heterocycles. The van der Waals surface area contributed by atoms with Gasteiger partial charge in [0.1, 0.15) is 48.3 Å². The topological polar surface area (TPSA) is 532 Å². The van der Waals surface area contributed by atoms with E-state index in [1.54, 1.807) is 53.7 Å². The minimum atomic E-state index is -2.59. The Morgan fingerprint density at radius 2 is 1.16 bits per heavy atom. The number of carbonyl (C=O) groups excluding carboxylic acids is 12.